The monoisotopic (exact) mass is 219 g/mol. The van der Waals surface area contributed by atoms with Crippen LogP contribution in [0.1, 0.15) is 20.3 Å². The van der Waals surface area contributed by atoms with E-state index < -0.39 is 6.10 Å². The fourth-order valence-electron chi connectivity index (χ4n) is 1.41. The van der Waals surface area contributed by atoms with E-state index in [0.717, 1.165) is 19.5 Å². The third-order valence-corrected chi connectivity index (χ3v) is 2.20. The van der Waals surface area contributed by atoms with Crippen LogP contribution in [0.15, 0.2) is 0 Å². The highest BCUT2D eigenvalue weighted by atomic mass is 16.5. The molecule has 0 aromatic heterocycles. The molecule has 0 bridgehead atoms. The summed E-state index contributed by atoms with van der Waals surface area (Å²) in [6, 6.07) is 0. The van der Waals surface area contributed by atoms with Gasteiger partial charge in [0.05, 0.1) is 25.9 Å². The van der Waals surface area contributed by atoms with Crippen molar-refractivity contribution in [2.75, 3.05) is 46.6 Å². The van der Waals surface area contributed by atoms with Gasteiger partial charge in [0.25, 0.3) is 0 Å². The smallest absolute Gasteiger partial charge is 0.0900 e. The summed E-state index contributed by atoms with van der Waals surface area (Å²) in [5.74, 6) is 0. The summed E-state index contributed by atoms with van der Waals surface area (Å²) in [7, 11) is 1.64. The maximum Gasteiger partial charge on any atom is 0.0900 e. The third kappa shape index (κ3) is 8.81. The lowest BCUT2D eigenvalue weighted by Gasteiger charge is -2.22. The van der Waals surface area contributed by atoms with Crippen molar-refractivity contribution in [1.29, 1.82) is 0 Å². The minimum atomic E-state index is -0.395. The highest BCUT2D eigenvalue weighted by Crippen LogP contribution is 1.95. The zero-order valence-electron chi connectivity index (χ0n) is 10.2. The van der Waals surface area contributed by atoms with Crippen molar-refractivity contribution < 1.29 is 14.6 Å². The Bertz CT molecular complexity index is 133. The highest BCUT2D eigenvalue weighted by molar-refractivity contribution is 4.62. The molecule has 0 aromatic rings. The zero-order valence-corrected chi connectivity index (χ0v) is 10.2. The summed E-state index contributed by atoms with van der Waals surface area (Å²) in [6.45, 7) is 8.47. The Hall–Kier alpha value is -0.160. The summed E-state index contributed by atoms with van der Waals surface area (Å²) in [4.78, 5) is 2.23. The van der Waals surface area contributed by atoms with Crippen LogP contribution in [0.5, 0.6) is 0 Å². The molecule has 4 heteroatoms. The Morgan fingerprint density at radius 3 is 2.53 bits per heavy atom. The fraction of sp³-hybridized carbons (Fsp3) is 1.00. The van der Waals surface area contributed by atoms with Gasteiger partial charge in [0.2, 0.25) is 0 Å². The molecule has 0 aromatic carbocycles. The molecule has 15 heavy (non-hydrogen) atoms. The molecule has 4 nitrogen and oxygen atoms in total. The molecular weight excluding hydrogens is 194 g/mol. The standard InChI is InChI=1S/C11H25NO3/c1-4-6-12(5-2)9-11(13)10-15-8-7-14-3/h11,13H,4-10H2,1-3H3. The van der Waals surface area contributed by atoms with Crippen LogP contribution in [0, 0.1) is 0 Å². The second-order valence-corrected chi connectivity index (χ2v) is 3.61. The number of aliphatic hydroxyl groups excluding tert-OH is 1. The first-order valence-electron chi connectivity index (χ1n) is 5.71. The molecule has 0 rings (SSSR count). The molecule has 1 atom stereocenters. The summed E-state index contributed by atoms with van der Waals surface area (Å²) < 4.78 is 10.1. The van der Waals surface area contributed by atoms with Crippen LogP contribution in [0.3, 0.4) is 0 Å². The lowest BCUT2D eigenvalue weighted by Crippen LogP contribution is -2.35. The predicted octanol–water partition coefficient (Wildman–Crippen LogP) is 0.742. The number of hydrogen-bond acceptors (Lipinski definition) is 4. The SMILES string of the molecule is CCCN(CC)CC(O)COCCOC. The zero-order chi connectivity index (χ0) is 11.5. The van der Waals surface area contributed by atoms with Crippen LogP contribution in [0.4, 0.5) is 0 Å². The molecular formula is C11H25NO3. The maximum absolute atomic E-state index is 9.67. The molecule has 1 N–H and O–H groups in total. The molecule has 0 saturated carbocycles. The van der Waals surface area contributed by atoms with Gasteiger partial charge >= 0.3 is 0 Å². The normalized spacial score (nSPS) is 13.4. The van der Waals surface area contributed by atoms with E-state index in [-0.39, 0.29) is 0 Å². The second-order valence-electron chi connectivity index (χ2n) is 3.61. The molecule has 0 fully saturated rings. The Morgan fingerprint density at radius 1 is 1.27 bits per heavy atom. The molecule has 0 aliphatic rings. The molecule has 0 aliphatic carbocycles. The summed E-state index contributed by atoms with van der Waals surface area (Å²) in [5.41, 5.74) is 0. The molecule has 0 radical (unpaired) electrons. The number of nitrogens with zero attached hydrogens (tertiary/aromatic N) is 1. The van der Waals surface area contributed by atoms with Crippen molar-refractivity contribution in [3.05, 3.63) is 0 Å². The van der Waals surface area contributed by atoms with Crippen LogP contribution in [-0.2, 0) is 9.47 Å². The van der Waals surface area contributed by atoms with E-state index >= 15 is 0 Å². The van der Waals surface area contributed by atoms with E-state index in [2.05, 4.69) is 18.7 Å². The molecule has 92 valence electrons. The molecule has 1 unspecified atom stereocenters. The quantitative estimate of drug-likeness (QED) is 0.550. The van der Waals surface area contributed by atoms with Gasteiger partial charge in [-0.15, -0.1) is 0 Å². The third-order valence-electron chi connectivity index (χ3n) is 2.20. The van der Waals surface area contributed by atoms with E-state index in [1.54, 1.807) is 7.11 Å². The van der Waals surface area contributed by atoms with Gasteiger partial charge in [-0.3, -0.25) is 0 Å². The maximum atomic E-state index is 9.67. The molecule has 0 spiro atoms. The first kappa shape index (κ1) is 14.8. The van der Waals surface area contributed by atoms with Crippen molar-refractivity contribution >= 4 is 0 Å². The van der Waals surface area contributed by atoms with Gasteiger partial charge in [-0.25, -0.2) is 0 Å². The van der Waals surface area contributed by atoms with E-state index in [9.17, 15) is 5.11 Å². The number of ether oxygens (including phenoxy) is 2. The van der Waals surface area contributed by atoms with Crippen molar-refractivity contribution in [1.82, 2.24) is 4.90 Å². The van der Waals surface area contributed by atoms with Gasteiger partial charge in [0.1, 0.15) is 0 Å². The van der Waals surface area contributed by atoms with Gasteiger partial charge in [-0.05, 0) is 19.5 Å². The van der Waals surface area contributed by atoms with Crippen LogP contribution < -0.4 is 0 Å². The minimum Gasteiger partial charge on any atom is -0.389 e. The number of likely N-dealkylation sites (N-methyl/N-ethyl adjacent to an activating group) is 1. The van der Waals surface area contributed by atoms with Crippen LogP contribution in [-0.4, -0.2) is 62.7 Å². The fourth-order valence-corrected chi connectivity index (χ4v) is 1.41. The molecule has 0 heterocycles. The highest BCUT2D eigenvalue weighted by Gasteiger charge is 2.09. The molecule has 0 saturated heterocycles. The summed E-state index contributed by atoms with van der Waals surface area (Å²) in [5, 5.41) is 9.67. The lowest BCUT2D eigenvalue weighted by atomic mass is 10.3. The van der Waals surface area contributed by atoms with E-state index in [1.165, 1.54) is 0 Å². The van der Waals surface area contributed by atoms with Gasteiger partial charge < -0.3 is 19.5 Å². The van der Waals surface area contributed by atoms with E-state index in [1.807, 2.05) is 0 Å². The first-order chi connectivity index (χ1) is 7.24. The van der Waals surface area contributed by atoms with Crippen molar-refractivity contribution in [3.63, 3.8) is 0 Å². The minimum absolute atomic E-state index is 0.392. The van der Waals surface area contributed by atoms with Gasteiger partial charge in [-0.2, -0.15) is 0 Å². The Kier molecular flexibility index (Phi) is 10.3. The second kappa shape index (κ2) is 10.4. The van der Waals surface area contributed by atoms with Crippen LogP contribution in [0.2, 0.25) is 0 Å². The number of hydrogen-bond donors (Lipinski definition) is 1. The van der Waals surface area contributed by atoms with Gasteiger partial charge in [-0.1, -0.05) is 13.8 Å². The average Bonchev–Trinajstić information content (AvgIpc) is 2.24. The number of rotatable bonds is 10. The molecule has 0 aliphatic heterocycles. The Labute approximate surface area is 93.2 Å². The van der Waals surface area contributed by atoms with E-state index in [0.29, 0.717) is 26.4 Å². The van der Waals surface area contributed by atoms with Crippen molar-refractivity contribution in [2.24, 2.45) is 0 Å². The van der Waals surface area contributed by atoms with Crippen LogP contribution >= 0.6 is 0 Å². The summed E-state index contributed by atoms with van der Waals surface area (Å²) in [6.07, 6.45) is 0.721. The topological polar surface area (TPSA) is 41.9 Å². The van der Waals surface area contributed by atoms with Crippen LogP contribution in [0.25, 0.3) is 0 Å². The number of methoxy groups -OCH3 is 1. The van der Waals surface area contributed by atoms with Gasteiger partial charge in [0.15, 0.2) is 0 Å². The van der Waals surface area contributed by atoms with Gasteiger partial charge in [0, 0.05) is 13.7 Å². The first-order valence-corrected chi connectivity index (χ1v) is 5.71. The predicted molar refractivity (Wildman–Crippen MR) is 61.1 cm³/mol. The summed E-state index contributed by atoms with van der Waals surface area (Å²) >= 11 is 0. The Morgan fingerprint density at radius 2 is 2.00 bits per heavy atom. The largest absolute Gasteiger partial charge is 0.389 e. The van der Waals surface area contributed by atoms with Crippen molar-refractivity contribution in [3.8, 4) is 0 Å². The van der Waals surface area contributed by atoms with Crippen molar-refractivity contribution in [2.45, 2.75) is 26.4 Å². The molecule has 0 amide bonds. The average molecular weight is 219 g/mol. The van der Waals surface area contributed by atoms with E-state index in [4.69, 9.17) is 9.47 Å². The number of aliphatic hydroxyl groups is 1. The lowest BCUT2D eigenvalue weighted by molar-refractivity contribution is 0.0000841. The Balaban J connectivity index is 3.47.